The molecule has 0 bridgehead atoms. The minimum atomic E-state index is -0.0835. The van der Waals surface area contributed by atoms with Crippen LogP contribution < -0.4 is 0 Å². The highest BCUT2D eigenvalue weighted by Gasteiger charge is 2.41. The first-order valence-electron chi connectivity index (χ1n) is 17.9. The molecule has 0 saturated heterocycles. The van der Waals surface area contributed by atoms with E-state index >= 15 is 0 Å². The summed E-state index contributed by atoms with van der Waals surface area (Å²) < 4.78 is 0. The van der Waals surface area contributed by atoms with Crippen molar-refractivity contribution in [3.63, 3.8) is 0 Å². The summed E-state index contributed by atoms with van der Waals surface area (Å²) in [5.74, 6) is 0. The van der Waals surface area contributed by atoms with Gasteiger partial charge < -0.3 is 0 Å². The standard InChI is InChI=1S/C50H38/c1-49(2)43-21-13-12-16-35(43)41-29-46-42(30-45(41)49)40-28-34(26-27-44(40)50(46,3)4)48-38-19-10-8-17-36(38)47(37-18-9-11-20-39(37)48)33-24-22-32(23-25-33)31-14-6-5-7-15-31/h5-30H,1-4H3. The zero-order valence-electron chi connectivity index (χ0n) is 29.0. The van der Waals surface area contributed by atoms with Crippen molar-refractivity contribution in [2.24, 2.45) is 0 Å². The van der Waals surface area contributed by atoms with Crippen molar-refractivity contribution in [3.8, 4) is 55.6 Å². The number of fused-ring (bicyclic) bond motifs is 8. The maximum atomic E-state index is 2.53. The first-order valence-corrected chi connectivity index (χ1v) is 17.9. The van der Waals surface area contributed by atoms with E-state index in [1.165, 1.54) is 99.4 Å². The Hall–Kier alpha value is -5.72. The van der Waals surface area contributed by atoms with Crippen molar-refractivity contribution in [2.45, 2.75) is 38.5 Å². The van der Waals surface area contributed by atoms with E-state index in [-0.39, 0.29) is 10.8 Å². The number of benzene rings is 8. The predicted octanol–water partition coefficient (Wildman–Crippen LogP) is 13.6. The van der Waals surface area contributed by atoms with Crippen LogP contribution in [0.1, 0.15) is 49.9 Å². The van der Waals surface area contributed by atoms with Gasteiger partial charge in [-0.25, -0.2) is 0 Å². The normalized spacial score (nSPS) is 14.7. The van der Waals surface area contributed by atoms with Gasteiger partial charge in [0, 0.05) is 10.8 Å². The lowest BCUT2D eigenvalue weighted by molar-refractivity contribution is 0.652. The second-order valence-corrected chi connectivity index (χ2v) is 15.3. The Bertz CT molecular complexity index is 2610. The molecule has 0 radical (unpaired) electrons. The highest BCUT2D eigenvalue weighted by Crippen LogP contribution is 2.57. The molecule has 0 heteroatoms. The SMILES string of the molecule is CC1(C)c2ccccc2-c2cc3c(cc21)-c1cc(-c2c4ccccc4c(-c4ccc(-c5ccccc5)cc4)c4ccccc24)ccc1C3(C)C. The van der Waals surface area contributed by atoms with E-state index in [9.17, 15) is 0 Å². The van der Waals surface area contributed by atoms with Crippen LogP contribution >= 0.6 is 0 Å². The Morgan fingerprint density at radius 2 is 0.680 bits per heavy atom. The van der Waals surface area contributed by atoms with Gasteiger partial charge in [-0.2, -0.15) is 0 Å². The predicted molar refractivity (Wildman–Crippen MR) is 213 cm³/mol. The first kappa shape index (κ1) is 29.2. The lowest BCUT2D eigenvalue weighted by Gasteiger charge is -2.24. The number of hydrogen-bond donors (Lipinski definition) is 0. The maximum Gasteiger partial charge on any atom is 0.0159 e. The van der Waals surface area contributed by atoms with Crippen LogP contribution in [0.5, 0.6) is 0 Å². The summed E-state index contributed by atoms with van der Waals surface area (Å²) in [7, 11) is 0. The van der Waals surface area contributed by atoms with Crippen LogP contribution in [0.4, 0.5) is 0 Å². The number of rotatable bonds is 3. The van der Waals surface area contributed by atoms with Crippen LogP contribution in [0.25, 0.3) is 77.2 Å². The summed E-state index contributed by atoms with van der Waals surface area (Å²) in [5.41, 5.74) is 18.7. The molecule has 0 nitrogen and oxygen atoms in total. The molecule has 0 N–H and O–H groups in total. The van der Waals surface area contributed by atoms with Crippen molar-refractivity contribution < 1.29 is 0 Å². The minimum absolute atomic E-state index is 0.0347. The monoisotopic (exact) mass is 638 g/mol. The second-order valence-electron chi connectivity index (χ2n) is 15.3. The van der Waals surface area contributed by atoms with Gasteiger partial charge in [0.05, 0.1) is 0 Å². The molecule has 0 aliphatic heterocycles. The molecule has 2 aliphatic carbocycles. The fourth-order valence-electron chi connectivity index (χ4n) is 9.31. The lowest BCUT2D eigenvalue weighted by Crippen LogP contribution is -2.16. The van der Waals surface area contributed by atoms with Gasteiger partial charge >= 0.3 is 0 Å². The van der Waals surface area contributed by atoms with Crippen LogP contribution in [0, 0.1) is 0 Å². The van der Waals surface area contributed by atoms with Crippen LogP contribution in [-0.4, -0.2) is 0 Å². The molecular weight excluding hydrogens is 601 g/mol. The average Bonchev–Trinajstić information content (AvgIpc) is 3.52. The van der Waals surface area contributed by atoms with Gasteiger partial charge in [0.25, 0.3) is 0 Å². The van der Waals surface area contributed by atoms with Gasteiger partial charge in [-0.15, -0.1) is 0 Å². The third kappa shape index (κ3) is 4.00. The molecule has 0 spiro atoms. The number of hydrogen-bond acceptors (Lipinski definition) is 0. The van der Waals surface area contributed by atoms with Crippen LogP contribution in [0.15, 0.2) is 158 Å². The largest absolute Gasteiger partial charge is 0.0622 e. The molecule has 0 aromatic heterocycles. The molecular formula is C50H38. The van der Waals surface area contributed by atoms with E-state index < -0.39 is 0 Å². The summed E-state index contributed by atoms with van der Waals surface area (Å²) in [6, 6.07) is 59.1. The quantitative estimate of drug-likeness (QED) is 0.169. The molecule has 238 valence electrons. The molecule has 0 unspecified atom stereocenters. The molecule has 0 fully saturated rings. The molecule has 8 aromatic rings. The van der Waals surface area contributed by atoms with Gasteiger partial charge in [-0.05, 0) is 118 Å². The van der Waals surface area contributed by atoms with E-state index in [0.29, 0.717) is 0 Å². The van der Waals surface area contributed by atoms with Crippen LogP contribution in [-0.2, 0) is 10.8 Å². The Kier molecular flexibility index (Phi) is 6.07. The third-order valence-corrected chi connectivity index (χ3v) is 11.9. The van der Waals surface area contributed by atoms with Crippen molar-refractivity contribution in [2.75, 3.05) is 0 Å². The van der Waals surface area contributed by atoms with E-state index in [0.717, 1.165) is 0 Å². The highest BCUT2D eigenvalue weighted by atomic mass is 14.4. The van der Waals surface area contributed by atoms with Gasteiger partial charge in [0.15, 0.2) is 0 Å². The summed E-state index contributed by atoms with van der Waals surface area (Å²) in [4.78, 5) is 0. The van der Waals surface area contributed by atoms with Crippen molar-refractivity contribution in [1.29, 1.82) is 0 Å². The Morgan fingerprint density at radius 1 is 0.280 bits per heavy atom. The van der Waals surface area contributed by atoms with E-state index in [2.05, 4.69) is 185 Å². The Morgan fingerprint density at radius 3 is 1.28 bits per heavy atom. The molecule has 0 atom stereocenters. The molecule has 8 aromatic carbocycles. The summed E-state index contributed by atoms with van der Waals surface area (Å²) in [6.07, 6.45) is 0. The molecule has 0 heterocycles. The Balaban J connectivity index is 1.18. The Labute approximate surface area is 294 Å². The molecule has 10 rings (SSSR count). The third-order valence-electron chi connectivity index (χ3n) is 11.9. The van der Waals surface area contributed by atoms with Crippen molar-refractivity contribution in [3.05, 3.63) is 180 Å². The summed E-state index contributed by atoms with van der Waals surface area (Å²) in [5, 5.41) is 5.15. The fraction of sp³-hybridized carbons (Fsp3) is 0.120. The van der Waals surface area contributed by atoms with E-state index in [4.69, 9.17) is 0 Å². The topological polar surface area (TPSA) is 0 Å². The van der Waals surface area contributed by atoms with E-state index in [1.54, 1.807) is 0 Å². The highest BCUT2D eigenvalue weighted by molar-refractivity contribution is 6.21. The van der Waals surface area contributed by atoms with Crippen molar-refractivity contribution >= 4 is 21.5 Å². The average molecular weight is 639 g/mol. The van der Waals surface area contributed by atoms with Crippen LogP contribution in [0.2, 0.25) is 0 Å². The molecule has 50 heavy (non-hydrogen) atoms. The van der Waals surface area contributed by atoms with Gasteiger partial charge in [0.2, 0.25) is 0 Å². The maximum absolute atomic E-state index is 2.53. The van der Waals surface area contributed by atoms with E-state index in [1.807, 2.05) is 0 Å². The van der Waals surface area contributed by atoms with Gasteiger partial charge in [-0.3, -0.25) is 0 Å². The van der Waals surface area contributed by atoms with Gasteiger partial charge in [-0.1, -0.05) is 167 Å². The molecule has 0 saturated carbocycles. The smallest absolute Gasteiger partial charge is 0.0159 e. The first-order chi connectivity index (χ1) is 24.3. The minimum Gasteiger partial charge on any atom is -0.0622 e. The summed E-state index contributed by atoms with van der Waals surface area (Å²) in [6.45, 7) is 9.57. The van der Waals surface area contributed by atoms with Gasteiger partial charge in [0.1, 0.15) is 0 Å². The van der Waals surface area contributed by atoms with Crippen molar-refractivity contribution in [1.82, 2.24) is 0 Å². The summed E-state index contributed by atoms with van der Waals surface area (Å²) >= 11 is 0. The lowest BCUT2D eigenvalue weighted by atomic mass is 9.79. The zero-order valence-corrected chi connectivity index (χ0v) is 29.0. The second kappa shape index (κ2) is 10.4. The van der Waals surface area contributed by atoms with Crippen LogP contribution in [0.3, 0.4) is 0 Å². The molecule has 2 aliphatic rings. The molecule has 0 amide bonds. The zero-order chi connectivity index (χ0) is 33.8. The fourth-order valence-corrected chi connectivity index (χ4v) is 9.31.